The van der Waals surface area contributed by atoms with E-state index < -0.39 is 54.6 Å². The van der Waals surface area contributed by atoms with Crippen LogP contribution in [0.3, 0.4) is 0 Å². The van der Waals surface area contributed by atoms with Crippen molar-refractivity contribution in [3.63, 3.8) is 0 Å². The smallest absolute Gasteiger partial charge is 0.407 e. The second-order valence-corrected chi connectivity index (χ2v) is 6.64. The Balaban J connectivity index is 2.02. The van der Waals surface area contributed by atoms with Crippen molar-refractivity contribution in [1.29, 1.82) is 0 Å². The Kier molecular flexibility index (Phi) is 6.04. The molecule has 7 nitrogen and oxygen atoms in total. The van der Waals surface area contributed by atoms with E-state index >= 15 is 4.39 Å². The van der Waals surface area contributed by atoms with E-state index in [1.54, 1.807) is 30.3 Å². The monoisotopic (exact) mass is 424 g/mol. The minimum absolute atomic E-state index is 0.0290. The van der Waals surface area contributed by atoms with Crippen molar-refractivity contribution in [3.8, 4) is 5.75 Å². The second-order valence-electron chi connectivity index (χ2n) is 6.64. The summed E-state index contributed by atoms with van der Waals surface area (Å²) >= 11 is 0. The van der Waals surface area contributed by atoms with Gasteiger partial charge in [0.15, 0.2) is 5.82 Å². The number of hydrogen-bond donors (Lipinski definition) is 2. The standard InChI is InChI=1S/C20H19F3N2O5/c1-29-16(26)8-24-18-15(30-10-12-5-3-2-4-6-12)7-14-13(17(18)21)9-25(19(27)28)11-20(14,22)23/h2-7,24H,8-11H2,1H3,(H,27,28). The molecule has 2 aromatic rings. The van der Waals surface area contributed by atoms with Gasteiger partial charge >= 0.3 is 12.1 Å². The van der Waals surface area contributed by atoms with Crippen LogP contribution in [0.4, 0.5) is 23.7 Å². The number of benzene rings is 2. The van der Waals surface area contributed by atoms with Crippen LogP contribution in [0.15, 0.2) is 36.4 Å². The molecule has 30 heavy (non-hydrogen) atoms. The normalized spacial score (nSPS) is 14.6. The van der Waals surface area contributed by atoms with Crippen molar-refractivity contribution in [2.75, 3.05) is 25.5 Å². The summed E-state index contributed by atoms with van der Waals surface area (Å²) in [5, 5.41) is 11.6. The molecule has 0 bridgehead atoms. The Hall–Kier alpha value is -3.43. The number of carboxylic acid groups (broad SMARTS) is 1. The molecule has 1 amide bonds. The van der Waals surface area contributed by atoms with Crippen molar-refractivity contribution in [2.45, 2.75) is 19.1 Å². The fourth-order valence-electron chi connectivity index (χ4n) is 3.10. The molecule has 0 fully saturated rings. The first kappa shape index (κ1) is 21.3. The van der Waals surface area contributed by atoms with E-state index in [0.29, 0.717) is 4.90 Å². The number of anilines is 1. The number of halogens is 3. The number of amides is 1. The summed E-state index contributed by atoms with van der Waals surface area (Å²) in [6.07, 6.45) is -1.59. The van der Waals surface area contributed by atoms with Crippen LogP contribution in [0.2, 0.25) is 0 Å². The molecule has 0 unspecified atom stereocenters. The number of carbonyl (C=O) groups is 2. The van der Waals surface area contributed by atoms with E-state index in [1.807, 2.05) is 0 Å². The van der Waals surface area contributed by atoms with Crippen LogP contribution in [0.5, 0.6) is 5.75 Å². The van der Waals surface area contributed by atoms with Gasteiger partial charge in [-0.3, -0.25) is 9.69 Å². The van der Waals surface area contributed by atoms with Crippen LogP contribution in [-0.2, 0) is 28.6 Å². The maximum atomic E-state index is 15.2. The van der Waals surface area contributed by atoms with Gasteiger partial charge in [0.25, 0.3) is 5.92 Å². The van der Waals surface area contributed by atoms with E-state index in [2.05, 4.69) is 10.1 Å². The third-order valence-corrected chi connectivity index (χ3v) is 4.61. The fourth-order valence-corrected chi connectivity index (χ4v) is 3.10. The molecule has 1 heterocycles. The Bertz CT molecular complexity index is 953. The van der Waals surface area contributed by atoms with Crippen LogP contribution >= 0.6 is 0 Å². The highest BCUT2D eigenvalue weighted by Gasteiger charge is 2.44. The predicted octanol–water partition coefficient (Wildman–Crippen LogP) is 3.58. The molecule has 3 rings (SSSR count). The number of ether oxygens (including phenoxy) is 2. The molecule has 1 aliphatic rings. The van der Waals surface area contributed by atoms with Gasteiger partial charge in [0.2, 0.25) is 0 Å². The summed E-state index contributed by atoms with van der Waals surface area (Å²) in [6, 6.07) is 9.79. The number of esters is 1. The van der Waals surface area contributed by atoms with Gasteiger partial charge in [0, 0.05) is 11.1 Å². The number of methoxy groups -OCH3 is 1. The van der Waals surface area contributed by atoms with Crippen molar-refractivity contribution < 1.29 is 37.3 Å². The van der Waals surface area contributed by atoms with E-state index in [4.69, 9.17) is 9.84 Å². The van der Waals surface area contributed by atoms with Gasteiger partial charge in [0.1, 0.15) is 24.6 Å². The van der Waals surface area contributed by atoms with Gasteiger partial charge in [-0.2, -0.15) is 8.78 Å². The Labute approximate surface area is 170 Å². The summed E-state index contributed by atoms with van der Waals surface area (Å²) in [5.74, 6) is -5.65. The molecular weight excluding hydrogens is 405 g/mol. The molecule has 2 N–H and O–H groups in total. The second kappa shape index (κ2) is 8.52. The molecule has 0 aromatic heterocycles. The summed E-state index contributed by atoms with van der Waals surface area (Å²) in [7, 11) is 1.14. The molecule has 1 aliphatic heterocycles. The number of fused-ring (bicyclic) bond motifs is 1. The minimum Gasteiger partial charge on any atom is -0.487 e. The number of rotatable bonds is 6. The lowest BCUT2D eigenvalue weighted by atomic mass is 9.94. The topological polar surface area (TPSA) is 88.1 Å². The highest BCUT2D eigenvalue weighted by atomic mass is 19.3. The lowest BCUT2D eigenvalue weighted by molar-refractivity contribution is -0.138. The van der Waals surface area contributed by atoms with Crippen LogP contribution in [0.25, 0.3) is 0 Å². The first-order chi connectivity index (χ1) is 14.2. The zero-order valence-electron chi connectivity index (χ0n) is 16.0. The molecule has 0 atom stereocenters. The minimum atomic E-state index is -3.61. The third kappa shape index (κ3) is 4.42. The maximum Gasteiger partial charge on any atom is 0.407 e. The molecule has 0 saturated carbocycles. The first-order valence-corrected chi connectivity index (χ1v) is 8.92. The summed E-state index contributed by atoms with van der Waals surface area (Å²) in [5.41, 5.74) is -0.728. The highest BCUT2D eigenvalue weighted by Crippen LogP contribution is 2.43. The van der Waals surface area contributed by atoms with Crippen LogP contribution in [0.1, 0.15) is 16.7 Å². The summed E-state index contributed by atoms with van der Waals surface area (Å²) in [4.78, 5) is 23.1. The molecular formula is C20H19F3N2O5. The summed E-state index contributed by atoms with van der Waals surface area (Å²) < 4.78 is 54.5. The molecule has 0 radical (unpaired) electrons. The number of nitrogens with one attached hydrogen (secondary N) is 1. The van der Waals surface area contributed by atoms with E-state index in [1.165, 1.54) is 0 Å². The van der Waals surface area contributed by atoms with Crippen molar-refractivity contribution in [1.82, 2.24) is 4.90 Å². The Morgan fingerprint density at radius 2 is 1.97 bits per heavy atom. The molecule has 0 saturated heterocycles. The molecule has 0 spiro atoms. The van der Waals surface area contributed by atoms with E-state index in [0.717, 1.165) is 18.7 Å². The van der Waals surface area contributed by atoms with Gasteiger partial charge in [-0.15, -0.1) is 0 Å². The average molecular weight is 424 g/mol. The van der Waals surface area contributed by atoms with Gasteiger partial charge in [-0.25, -0.2) is 9.18 Å². The maximum absolute atomic E-state index is 15.2. The highest BCUT2D eigenvalue weighted by molar-refractivity contribution is 5.76. The van der Waals surface area contributed by atoms with E-state index in [-0.39, 0.29) is 18.0 Å². The van der Waals surface area contributed by atoms with Crippen molar-refractivity contribution >= 4 is 17.7 Å². The zero-order valence-corrected chi connectivity index (χ0v) is 16.0. The van der Waals surface area contributed by atoms with Crippen molar-refractivity contribution in [2.24, 2.45) is 0 Å². The number of nitrogens with zero attached hydrogens (tertiary/aromatic N) is 1. The lowest BCUT2D eigenvalue weighted by Crippen LogP contribution is -2.43. The predicted molar refractivity (Wildman–Crippen MR) is 100 cm³/mol. The van der Waals surface area contributed by atoms with Gasteiger partial charge in [-0.05, 0) is 11.6 Å². The number of alkyl halides is 2. The third-order valence-electron chi connectivity index (χ3n) is 4.61. The molecule has 2 aromatic carbocycles. The van der Waals surface area contributed by atoms with Gasteiger partial charge in [0.05, 0.1) is 20.2 Å². The van der Waals surface area contributed by atoms with Gasteiger partial charge < -0.3 is 19.9 Å². The van der Waals surface area contributed by atoms with Crippen molar-refractivity contribution in [3.05, 3.63) is 58.9 Å². The molecule has 160 valence electrons. The Morgan fingerprint density at radius 3 is 2.60 bits per heavy atom. The van der Waals surface area contributed by atoms with Crippen LogP contribution < -0.4 is 10.1 Å². The van der Waals surface area contributed by atoms with Crippen LogP contribution in [0, 0.1) is 5.82 Å². The summed E-state index contributed by atoms with van der Waals surface area (Å²) in [6.45, 7) is -2.12. The molecule has 0 aliphatic carbocycles. The number of hydrogen-bond acceptors (Lipinski definition) is 5. The molecule has 10 heteroatoms. The first-order valence-electron chi connectivity index (χ1n) is 8.92. The number of carbonyl (C=O) groups excluding carboxylic acids is 1. The zero-order chi connectivity index (χ0) is 21.9. The van der Waals surface area contributed by atoms with Crippen LogP contribution in [-0.4, -0.2) is 42.3 Å². The SMILES string of the molecule is COC(=O)CNc1c(OCc2ccccc2)cc2c(c1F)CN(C(=O)O)CC2(F)F. The van der Waals surface area contributed by atoms with Gasteiger partial charge in [-0.1, -0.05) is 30.3 Å². The fraction of sp³-hybridized carbons (Fsp3) is 0.300. The van der Waals surface area contributed by atoms with E-state index in [9.17, 15) is 18.4 Å². The lowest BCUT2D eigenvalue weighted by Gasteiger charge is -2.34. The average Bonchev–Trinajstić information content (AvgIpc) is 2.72. The Morgan fingerprint density at radius 1 is 1.27 bits per heavy atom. The largest absolute Gasteiger partial charge is 0.487 e. The quantitative estimate of drug-likeness (QED) is 0.690.